The Morgan fingerprint density at radius 1 is 0.964 bits per heavy atom. The summed E-state index contributed by atoms with van der Waals surface area (Å²) in [4.78, 5) is 24.0. The molecule has 2 amide bonds. The minimum atomic E-state index is -0.336. The van der Waals surface area contributed by atoms with Crippen LogP contribution >= 0.6 is 11.8 Å². The molecule has 0 atom stereocenters. The third-order valence-corrected chi connectivity index (χ3v) is 7.67. The Balaban J connectivity index is 1.12. The van der Waals surface area contributed by atoms with Gasteiger partial charge in [-0.3, -0.25) is 9.59 Å². The Kier molecular flexibility index (Phi) is 5.95. The van der Waals surface area contributed by atoms with Crippen LogP contribution in [0.15, 0.2) is 24.3 Å². The van der Waals surface area contributed by atoms with Crippen LogP contribution in [0.1, 0.15) is 44.9 Å². The van der Waals surface area contributed by atoms with Gasteiger partial charge in [0.05, 0.1) is 11.5 Å². The van der Waals surface area contributed by atoms with E-state index in [2.05, 4.69) is 10.6 Å². The number of anilines is 1. The molecule has 4 nitrogen and oxygen atoms in total. The number of benzene rings is 1. The number of amides is 2. The minimum Gasteiger partial charge on any atom is -0.355 e. The van der Waals surface area contributed by atoms with Crippen LogP contribution in [0.25, 0.3) is 0 Å². The van der Waals surface area contributed by atoms with Crippen LogP contribution in [-0.2, 0) is 9.59 Å². The topological polar surface area (TPSA) is 58.2 Å². The van der Waals surface area contributed by atoms with Gasteiger partial charge in [0.2, 0.25) is 11.8 Å². The lowest BCUT2D eigenvalue weighted by atomic mass is 9.49. The summed E-state index contributed by atoms with van der Waals surface area (Å²) in [5.74, 6) is 2.81. The van der Waals surface area contributed by atoms with Crippen molar-refractivity contribution in [2.45, 2.75) is 44.9 Å². The van der Waals surface area contributed by atoms with Crippen molar-refractivity contribution in [1.82, 2.24) is 5.32 Å². The van der Waals surface area contributed by atoms with E-state index in [1.54, 1.807) is 0 Å². The summed E-state index contributed by atoms with van der Waals surface area (Å²) >= 11 is 1.30. The molecule has 2 N–H and O–H groups in total. The number of rotatable bonds is 8. The number of hydrogen-bond acceptors (Lipinski definition) is 3. The predicted molar refractivity (Wildman–Crippen MR) is 111 cm³/mol. The molecular weight excluding hydrogens is 375 g/mol. The maximum absolute atomic E-state index is 12.9. The van der Waals surface area contributed by atoms with Crippen molar-refractivity contribution >= 4 is 29.3 Å². The molecule has 28 heavy (non-hydrogen) atoms. The smallest absolute Gasteiger partial charge is 0.234 e. The van der Waals surface area contributed by atoms with Crippen LogP contribution in [0, 0.1) is 29.0 Å². The second kappa shape index (κ2) is 8.44. The van der Waals surface area contributed by atoms with Gasteiger partial charge < -0.3 is 10.6 Å². The Morgan fingerprint density at radius 2 is 1.54 bits per heavy atom. The van der Waals surface area contributed by atoms with Crippen LogP contribution < -0.4 is 10.6 Å². The van der Waals surface area contributed by atoms with Crippen molar-refractivity contribution in [3.8, 4) is 0 Å². The average molecular weight is 405 g/mol. The lowest BCUT2D eigenvalue weighted by Gasteiger charge is -2.57. The monoisotopic (exact) mass is 404 g/mol. The van der Waals surface area contributed by atoms with Gasteiger partial charge >= 0.3 is 0 Å². The zero-order valence-corrected chi connectivity index (χ0v) is 17.0. The molecule has 4 aliphatic rings. The van der Waals surface area contributed by atoms with Crippen molar-refractivity contribution in [2.75, 3.05) is 23.4 Å². The van der Waals surface area contributed by atoms with Gasteiger partial charge in [-0.15, -0.1) is 11.8 Å². The quantitative estimate of drug-likeness (QED) is 0.682. The maximum Gasteiger partial charge on any atom is 0.234 e. The second-order valence-electron chi connectivity index (χ2n) is 9.07. The van der Waals surface area contributed by atoms with Gasteiger partial charge in [-0.1, -0.05) is 0 Å². The number of hydrogen-bond donors (Lipinski definition) is 2. The first-order chi connectivity index (χ1) is 13.5. The number of carbonyl (C=O) groups excluding carboxylic acids is 2. The summed E-state index contributed by atoms with van der Waals surface area (Å²) in [7, 11) is 0. The van der Waals surface area contributed by atoms with E-state index in [0.717, 1.165) is 30.7 Å². The van der Waals surface area contributed by atoms with E-state index < -0.39 is 0 Å². The molecule has 0 spiro atoms. The molecule has 4 aliphatic carbocycles. The van der Waals surface area contributed by atoms with Crippen LogP contribution in [-0.4, -0.2) is 29.9 Å². The fourth-order valence-corrected chi connectivity index (χ4v) is 6.73. The minimum absolute atomic E-state index is 0.00399. The van der Waals surface area contributed by atoms with Gasteiger partial charge in [0.15, 0.2) is 0 Å². The molecule has 4 bridgehead atoms. The van der Waals surface area contributed by atoms with Crippen LogP contribution in [0.2, 0.25) is 0 Å². The third kappa shape index (κ3) is 4.88. The van der Waals surface area contributed by atoms with Gasteiger partial charge in [-0.2, -0.15) is 0 Å². The van der Waals surface area contributed by atoms with Crippen molar-refractivity contribution in [3.63, 3.8) is 0 Å². The van der Waals surface area contributed by atoms with Gasteiger partial charge in [0, 0.05) is 12.2 Å². The fourth-order valence-electron chi connectivity index (χ4n) is 6.08. The molecule has 1 aromatic carbocycles. The molecule has 4 fully saturated rings. The lowest BCUT2D eigenvalue weighted by molar-refractivity contribution is -0.119. The number of carbonyl (C=O) groups is 2. The van der Waals surface area contributed by atoms with Gasteiger partial charge in [-0.05, 0) is 92.4 Å². The molecule has 0 heterocycles. The van der Waals surface area contributed by atoms with Crippen LogP contribution in [0.4, 0.5) is 10.1 Å². The first-order valence-electron chi connectivity index (χ1n) is 10.4. The summed E-state index contributed by atoms with van der Waals surface area (Å²) in [6.07, 6.45) is 9.55. The average Bonchev–Trinajstić information content (AvgIpc) is 2.62. The molecule has 152 valence electrons. The van der Waals surface area contributed by atoms with Crippen LogP contribution in [0.5, 0.6) is 0 Å². The van der Waals surface area contributed by atoms with E-state index in [0.29, 0.717) is 11.1 Å². The zero-order chi connectivity index (χ0) is 19.6. The number of halogens is 1. The summed E-state index contributed by atoms with van der Waals surface area (Å²) in [5.41, 5.74) is 1.05. The number of nitrogens with one attached hydrogen (secondary N) is 2. The molecular formula is C22H29FN2O2S. The van der Waals surface area contributed by atoms with Crippen molar-refractivity contribution in [2.24, 2.45) is 23.2 Å². The van der Waals surface area contributed by atoms with Crippen molar-refractivity contribution < 1.29 is 14.0 Å². The van der Waals surface area contributed by atoms with E-state index >= 15 is 0 Å². The first-order valence-corrected chi connectivity index (χ1v) is 11.5. The molecule has 1 aromatic rings. The lowest BCUT2D eigenvalue weighted by Crippen LogP contribution is -2.47. The zero-order valence-electron chi connectivity index (χ0n) is 16.2. The van der Waals surface area contributed by atoms with Gasteiger partial charge in [0.1, 0.15) is 5.82 Å². The predicted octanol–water partition coefficient (Wildman–Crippen LogP) is 4.22. The SMILES string of the molecule is O=C(CSCC(=O)Nc1ccc(F)cc1)NCCC12CC3CC(CC(C3)C1)C2. The summed E-state index contributed by atoms with van der Waals surface area (Å²) in [6.45, 7) is 0.757. The van der Waals surface area contributed by atoms with Crippen LogP contribution in [0.3, 0.4) is 0 Å². The molecule has 5 rings (SSSR count). The van der Waals surface area contributed by atoms with Gasteiger partial charge in [0.25, 0.3) is 0 Å². The Morgan fingerprint density at radius 3 is 2.14 bits per heavy atom. The fraction of sp³-hybridized carbons (Fsp3) is 0.636. The molecule has 6 heteroatoms. The summed E-state index contributed by atoms with van der Waals surface area (Å²) < 4.78 is 12.9. The highest BCUT2D eigenvalue weighted by atomic mass is 32.2. The third-order valence-electron chi connectivity index (χ3n) is 6.74. The second-order valence-corrected chi connectivity index (χ2v) is 10.1. The highest BCUT2D eigenvalue weighted by Gasteiger charge is 2.50. The highest BCUT2D eigenvalue weighted by molar-refractivity contribution is 8.00. The standard InChI is InChI=1S/C22H29FN2O2S/c23-18-1-3-19(4-2-18)25-21(27)14-28-13-20(26)24-6-5-22-10-15-7-16(11-22)9-17(8-15)12-22/h1-4,15-17H,5-14H2,(H,24,26)(H,25,27). The molecule has 4 saturated carbocycles. The first kappa shape index (κ1) is 19.7. The molecule has 0 unspecified atom stereocenters. The maximum atomic E-state index is 12.9. The molecule has 0 aliphatic heterocycles. The Bertz CT molecular complexity index is 686. The van der Waals surface area contributed by atoms with Crippen molar-refractivity contribution in [1.29, 1.82) is 0 Å². The van der Waals surface area contributed by atoms with E-state index in [4.69, 9.17) is 0 Å². The van der Waals surface area contributed by atoms with E-state index in [1.807, 2.05) is 0 Å². The Labute approximate surface area is 170 Å². The van der Waals surface area contributed by atoms with Crippen molar-refractivity contribution in [3.05, 3.63) is 30.1 Å². The molecule has 0 aromatic heterocycles. The molecule has 0 saturated heterocycles. The Hall–Kier alpha value is -1.56. The van der Waals surface area contributed by atoms with Gasteiger partial charge in [-0.25, -0.2) is 4.39 Å². The summed E-state index contributed by atoms with van der Waals surface area (Å²) in [6, 6.07) is 5.66. The normalized spacial score (nSPS) is 30.2. The van der Waals surface area contributed by atoms with E-state index in [-0.39, 0.29) is 29.1 Å². The van der Waals surface area contributed by atoms with E-state index in [9.17, 15) is 14.0 Å². The largest absolute Gasteiger partial charge is 0.355 e. The van der Waals surface area contributed by atoms with E-state index in [1.165, 1.54) is 74.6 Å². The molecule has 0 radical (unpaired) electrons. The number of thioether (sulfide) groups is 1. The summed E-state index contributed by atoms with van der Waals surface area (Å²) in [5, 5.41) is 5.76. The highest BCUT2D eigenvalue weighted by Crippen LogP contribution is 2.61.